The Labute approximate surface area is 186 Å². The number of thioether (sulfide) groups is 1. The molecule has 164 valence electrons. The number of piperidine rings is 1. The Kier molecular flexibility index (Phi) is 6.36. The van der Waals surface area contributed by atoms with Gasteiger partial charge in [0, 0.05) is 23.7 Å². The SMILES string of the molecule is Cc1cccc(NC(=O)CN2C(=O)CSc3ccc(S(=O)(=O)N4CCCCC4)cc32)c1. The minimum atomic E-state index is -3.63. The molecule has 1 N–H and O–H groups in total. The zero-order valence-electron chi connectivity index (χ0n) is 17.3. The van der Waals surface area contributed by atoms with E-state index < -0.39 is 10.0 Å². The number of fused-ring (bicyclic) bond motifs is 1. The quantitative estimate of drug-likeness (QED) is 0.742. The van der Waals surface area contributed by atoms with E-state index in [1.807, 2.05) is 25.1 Å². The third kappa shape index (κ3) is 4.78. The highest BCUT2D eigenvalue weighted by Gasteiger charge is 2.31. The summed E-state index contributed by atoms with van der Waals surface area (Å²) in [5.74, 6) is -0.339. The van der Waals surface area contributed by atoms with Gasteiger partial charge in [-0.15, -0.1) is 11.8 Å². The van der Waals surface area contributed by atoms with Gasteiger partial charge in [-0.05, 0) is 55.7 Å². The molecule has 2 aromatic carbocycles. The predicted molar refractivity (Wildman–Crippen MR) is 122 cm³/mol. The molecule has 1 saturated heterocycles. The zero-order chi connectivity index (χ0) is 22.0. The molecule has 0 spiro atoms. The molecule has 9 heteroatoms. The van der Waals surface area contributed by atoms with Gasteiger partial charge in [0.2, 0.25) is 21.8 Å². The van der Waals surface area contributed by atoms with Gasteiger partial charge in [-0.25, -0.2) is 8.42 Å². The molecule has 7 nitrogen and oxygen atoms in total. The minimum absolute atomic E-state index is 0.160. The van der Waals surface area contributed by atoms with Crippen molar-refractivity contribution in [2.75, 3.05) is 35.6 Å². The molecule has 0 unspecified atom stereocenters. The Hall–Kier alpha value is -2.36. The molecule has 2 aliphatic rings. The van der Waals surface area contributed by atoms with Gasteiger partial charge < -0.3 is 10.2 Å². The van der Waals surface area contributed by atoms with Crippen LogP contribution in [0.3, 0.4) is 0 Å². The number of carbonyl (C=O) groups is 2. The normalized spacial score (nSPS) is 17.3. The van der Waals surface area contributed by atoms with Crippen molar-refractivity contribution in [3.8, 4) is 0 Å². The van der Waals surface area contributed by atoms with Crippen LogP contribution in [-0.2, 0) is 19.6 Å². The topological polar surface area (TPSA) is 86.8 Å². The van der Waals surface area contributed by atoms with Crippen LogP contribution in [0.4, 0.5) is 11.4 Å². The van der Waals surface area contributed by atoms with Crippen molar-refractivity contribution in [3.05, 3.63) is 48.0 Å². The van der Waals surface area contributed by atoms with Gasteiger partial charge in [0.25, 0.3) is 0 Å². The van der Waals surface area contributed by atoms with Crippen molar-refractivity contribution in [2.45, 2.75) is 36.0 Å². The molecule has 0 atom stereocenters. The third-order valence-electron chi connectivity index (χ3n) is 5.43. The lowest BCUT2D eigenvalue weighted by Crippen LogP contribution is -2.41. The van der Waals surface area contributed by atoms with Crippen molar-refractivity contribution in [2.24, 2.45) is 0 Å². The monoisotopic (exact) mass is 459 g/mol. The summed E-state index contributed by atoms with van der Waals surface area (Å²) in [6.07, 6.45) is 2.73. The summed E-state index contributed by atoms with van der Waals surface area (Å²) < 4.78 is 27.7. The van der Waals surface area contributed by atoms with E-state index in [-0.39, 0.29) is 29.0 Å². The number of rotatable bonds is 5. The number of carbonyl (C=O) groups excluding carboxylic acids is 2. The number of benzene rings is 2. The number of anilines is 2. The predicted octanol–water partition coefficient (Wildman–Crippen LogP) is 3.25. The van der Waals surface area contributed by atoms with Crippen LogP contribution in [0.25, 0.3) is 0 Å². The zero-order valence-corrected chi connectivity index (χ0v) is 19.0. The van der Waals surface area contributed by atoms with Crippen molar-refractivity contribution in [1.82, 2.24) is 4.31 Å². The lowest BCUT2D eigenvalue weighted by Gasteiger charge is -2.30. The molecular formula is C22H25N3O4S2. The number of amides is 2. The Morgan fingerprint density at radius 3 is 2.61 bits per heavy atom. The maximum absolute atomic E-state index is 13.1. The molecule has 2 heterocycles. The number of nitrogens with one attached hydrogen (secondary N) is 1. The van der Waals surface area contributed by atoms with Crippen LogP contribution < -0.4 is 10.2 Å². The molecule has 2 aliphatic heterocycles. The molecule has 0 aliphatic carbocycles. The van der Waals surface area contributed by atoms with Crippen LogP contribution >= 0.6 is 11.8 Å². The van der Waals surface area contributed by atoms with E-state index in [2.05, 4.69) is 5.32 Å². The highest BCUT2D eigenvalue weighted by atomic mass is 32.2. The van der Waals surface area contributed by atoms with Gasteiger partial charge in [0.05, 0.1) is 16.3 Å². The maximum atomic E-state index is 13.1. The maximum Gasteiger partial charge on any atom is 0.244 e. The first-order chi connectivity index (χ1) is 14.8. The second-order valence-corrected chi connectivity index (χ2v) is 10.7. The summed E-state index contributed by atoms with van der Waals surface area (Å²) in [5.41, 5.74) is 2.14. The van der Waals surface area contributed by atoms with Gasteiger partial charge in [-0.3, -0.25) is 9.59 Å². The standard InChI is InChI=1S/C22H25N3O4S2/c1-16-6-5-7-17(12-16)23-21(26)14-25-19-13-18(8-9-20(19)30-15-22(25)27)31(28,29)24-10-3-2-4-11-24/h5-9,12-13H,2-4,10-11,14-15H2,1H3,(H,23,26). The van der Waals surface area contributed by atoms with Gasteiger partial charge >= 0.3 is 0 Å². The van der Waals surface area contributed by atoms with Crippen LogP contribution in [0.15, 0.2) is 52.3 Å². The summed E-state index contributed by atoms with van der Waals surface area (Å²) >= 11 is 1.36. The fourth-order valence-corrected chi connectivity index (χ4v) is 6.29. The minimum Gasteiger partial charge on any atom is -0.325 e. The molecule has 0 radical (unpaired) electrons. The van der Waals surface area contributed by atoms with Gasteiger partial charge in [-0.2, -0.15) is 4.31 Å². The Morgan fingerprint density at radius 1 is 1.10 bits per heavy atom. The summed E-state index contributed by atoms with van der Waals surface area (Å²) in [6, 6.07) is 12.3. The average Bonchev–Trinajstić information content (AvgIpc) is 2.76. The highest BCUT2D eigenvalue weighted by molar-refractivity contribution is 8.00. The van der Waals surface area contributed by atoms with Crippen molar-refractivity contribution < 1.29 is 18.0 Å². The van der Waals surface area contributed by atoms with Crippen molar-refractivity contribution >= 4 is 45.0 Å². The smallest absolute Gasteiger partial charge is 0.244 e. The first-order valence-electron chi connectivity index (χ1n) is 10.3. The van der Waals surface area contributed by atoms with E-state index in [0.29, 0.717) is 24.5 Å². The Bertz CT molecular complexity index is 1110. The second-order valence-electron chi connectivity index (χ2n) is 7.78. The largest absolute Gasteiger partial charge is 0.325 e. The van der Waals surface area contributed by atoms with Gasteiger partial charge in [0.15, 0.2) is 0 Å². The number of hydrogen-bond acceptors (Lipinski definition) is 5. The van der Waals surface area contributed by atoms with E-state index in [0.717, 1.165) is 29.7 Å². The van der Waals surface area contributed by atoms with E-state index in [1.54, 1.807) is 18.2 Å². The van der Waals surface area contributed by atoms with Gasteiger partial charge in [0.1, 0.15) is 6.54 Å². The summed E-state index contributed by atoms with van der Waals surface area (Å²) in [6.45, 7) is 2.78. The van der Waals surface area contributed by atoms with E-state index in [1.165, 1.54) is 27.0 Å². The fraction of sp³-hybridized carbons (Fsp3) is 0.364. The first-order valence-corrected chi connectivity index (χ1v) is 12.7. The molecule has 0 saturated carbocycles. The molecular weight excluding hydrogens is 434 g/mol. The average molecular weight is 460 g/mol. The molecule has 2 aromatic rings. The second kappa shape index (κ2) is 9.02. The summed E-state index contributed by atoms with van der Waals surface area (Å²) in [7, 11) is -3.63. The Balaban J connectivity index is 1.59. The molecule has 1 fully saturated rings. The highest BCUT2D eigenvalue weighted by Crippen LogP contribution is 2.37. The van der Waals surface area contributed by atoms with Crippen LogP contribution in [0, 0.1) is 6.92 Å². The van der Waals surface area contributed by atoms with Gasteiger partial charge in [-0.1, -0.05) is 18.6 Å². The molecule has 0 bridgehead atoms. The van der Waals surface area contributed by atoms with Crippen molar-refractivity contribution in [3.63, 3.8) is 0 Å². The third-order valence-corrected chi connectivity index (χ3v) is 8.37. The van der Waals surface area contributed by atoms with Crippen LogP contribution in [-0.4, -0.2) is 49.9 Å². The number of aryl methyl sites for hydroxylation is 1. The van der Waals surface area contributed by atoms with Crippen LogP contribution in [0.2, 0.25) is 0 Å². The number of nitrogens with zero attached hydrogens (tertiary/aromatic N) is 2. The molecule has 2 amide bonds. The molecule has 0 aromatic heterocycles. The molecule has 31 heavy (non-hydrogen) atoms. The van der Waals surface area contributed by atoms with Crippen LogP contribution in [0.5, 0.6) is 0 Å². The van der Waals surface area contributed by atoms with E-state index >= 15 is 0 Å². The van der Waals surface area contributed by atoms with Crippen LogP contribution in [0.1, 0.15) is 24.8 Å². The number of hydrogen-bond donors (Lipinski definition) is 1. The summed E-state index contributed by atoms with van der Waals surface area (Å²) in [5, 5.41) is 2.81. The van der Waals surface area contributed by atoms with Crippen molar-refractivity contribution in [1.29, 1.82) is 0 Å². The van der Waals surface area contributed by atoms with E-state index in [9.17, 15) is 18.0 Å². The summed E-state index contributed by atoms with van der Waals surface area (Å²) in [4.78, 5) is 27.6. The lowest BCUT2D eigenvalue weighted by molar-refractivity contribution is -0.120. The molecule has 4 rings (SSSR count). The Morgan fingerprint density at radius 2 is 1.87 bits per heavy atom. The van der Waals surface area contributed by atoms with E-state index in [4.69, 9.17) is 0 Å². The number of sulfonamides is 1. The fourth-order valence-electron chi connectivity index (χ4n) is 3.84. The lowest BCUT2D eigenvalue weighted by atomic mass is 10.2. The first kappa shape index (κ1) is 21.9.